The second-order valence-corrected chi connectivity index (χ2v) is 9.12. The Balaban J connectivity index is 1.62. The van der Waals surface area contributed by atoms with Gasteiger partial charge >= 0.3 is 6.18 Å². The van der Waals surface area contributed by atoms with Gasteiger partial charge in [0.15, 0.2) is 5.65 Å². The molecule has 1 fully saturated rings. The maximum atomic E-state index is 15.1. The Kier molecular flexibility index (Phi) is 6.26. The van der Waals surface area contributed by atoms with Crippen molar-refractivity contribution in [3.8, 4) is 11.3 Å². The van der Waals surface area contributed by atoms with Crippen molar-refractivity contribution in [1.82, 2.24) is 24.5 Å². The molecule has 0 radical (unpaired) electrons. The molecule has 11 heteroatoms. The highest BCUT2D eigenvalue weighted by Crippen LogP contribution is 2.38. The number of aryl methyl sites for hydroxylation is 2. The average molecular weight is 513 g/mol. The van der Waals surface area contributed by atoms with E-state index >= 15 is 4.39 Å². The van der Waals surface area contributed by atoms with E-state index in [1.54, 1.807) is 27.0 Å². The summed E-state index contributed by atoms with van der Waals surface area (Å²) in [6.45, 7) is 3.88. The fraction of sp³-hybridized carbons (Fsp3) is 0.346. The molecule has 4 aromatic rings. The van der Waals surface area contributed by atoms with Gasteiger partial charge in [-0.2, -0.15) is 13.2 Å². The number of aromatic nitrogens is 5. The van der Waals surface area contributed by atoms with Crippen LogP contribution in [0.25, 0.3) is 22.4 Å². The standard InChI is InChI=1S/C26H23F4N5O2/c1-13-14(2)32-25-23(31-13)22(17-8-7-16(12-18(17)27)26(28,29)30)33-24(34-25)15-9-10-37-20(11-15)19-5-4-6-21(36)35(19)3/h4-8,12,15,20H,9-11H2,1-3H3/t15-,20+/m1/s1. The van der Waals surface area contributed by atoms with Gasteiger partial charge in [0.1, 0.15) is 22.9 Å². The van der Waals surface area contributed by atoms with E-state index in [9.17, 15) is 18.0 Å². The van der Waals surface area contributed by atoms with E-state index in [4.69, 9.17) is 4.74 Å². The highest BCUT2D eigenvalue weighted by molar-refractivity contribution is 5.87. The Hall–Kier alpha value is -3.73. The number of benzene rings is 1. The van der Waals surface area contributed by atoms with Crippen molar-refractivity contribution in [2.75, 3.05) is 6.61 Å². The molecule has 0 aliphatic carbocycles. The van der Waals surface area contributed by atoms with Gasteiger partial charge in [-0.25, -0.2) is 24.3 Å². The first-order valence-corrected chi connectivity index (χ1v) is 11.7. The van der Waals surface area contributed by atoms with Crippen LogP contribution in [0.3, 0.4) is 0 Å². The van der Waals surface area contributed by atoms with E-state index in [1.165, 1.54) is 10.6 Å². The lowest BCUT2D eigenvalue weighted by Gasteiger charge is -2.30. The van der Waals surface area contributed by atoms with Crippen LogP contribution in [0.4, 0.5) is 17.6 Å². The average Bonchev–Trinajstić information content (AvgIpc) is 2.85. The maximum Gasteiger partial charge on any atom is 0.416 e. The molecule has 0 spiro atoms. The molecule has 4 heterocycles. The molecule has 0 unspecified atom stereocenters. The van der Waals surface area contributed by atoms with Crippen LogP contribution in [0.15, 0.2) is 41.2 Å². The van der Waals surface area contributed by atoms with Crippen LogP contribution in [0.1, 0.15) is 53.3 Å². The largest absolute Gasteiger partial charge is 0.416 e. The van der Waals surface area contributed by atoms with E-state index in [0.717, 1.165) is 12.1 Å². The van der Waals surface area contributed by atoms with Crippen LogP contribution in [-0.2, 0) is 18.0 Å². The lowest BCUT2D eigenvalue weighted by atomic mass is 9.92. The maximum absolute atomic E-state index is 15.1. The molecule has 1 aliphatic rings. The Morgan fingerprint density at radius 3 is 2.51 bits per heavy atom. The van der Waals surface area contributed by atoms with E-state index in [1.807, 2.05) is 6.07 Å². The number of pyridine rings is 1. The Bertz CT molecular complexity index is 1570. The van der Waals surface area contributed by atoms with Gasteiger partial charge in [-0.1, -0.05) is 6.07 Å². The molecule has 37 heavy (non-hydrogen) atoms. The molecule has 0 amide bonds. The van der Waals surface area contributed by atoms with E-state index in [0.29, 0.717) is 48.4 Å². The smallest absolute Gasteiger partial charge is 0.372 e. The summed E-state index contributed by atoms with van der Waals surface area (Å²) < 4.78 is 61.9. The first-order valence-electron chi connectivity index (χ1n) is 11.7. The molecule has 0 N–H and O–H groups in total. The first kappa shape index (κ1) is 24.9. The zero-order chi connectivity index (χ0) is 26.5. The molecule has 0 bridgehead atoms. The number of fused-ring (bicyclic) bond motifs is 1. The third-order valence-electron chi connectivity index (χ3n) is 6.71. The Morgan fingerprint density at radius 2 is 1.78 bits per heavy atom. The predicted molar refractivity (Wildman–Crippen MR) is 127 cm³/mol. The monoisotopic (exact) mass is 513 g/mol. The minimum absolute atomic E-state index is 0.0805. The Morgan fingerprint density at radius 1 is 1.03 bits per heavy atom. The molecule has 2 atom stereocenters. The van der Waals surface area contributed by atoms with E-state index < -0.39 is 23.7 Å². The predicted octanol–water partition coefficient (Wildman–Crippen LogP) is 5.20. The molecular formula is C26H23F4N5O2. The molecule has 5 rings (SSSR count). The van der Waals surface area contributed by atoms with Gasteiger partial charge in [-0.05, 0) is 51.0 Å². The fourth-order valence-electron chi connectivity index (χ4n) is 4.52. The highest BCUT2D eigenvalue weighted by atomic mass is 19.4. The second kappa shape index (κ2) is 9.29. The van der Waals surface area contributed by atoms with Crippen LogP contribution in [-0.4, -0.2) is 31.1 Å². The second-order valence-electron chi connectivity index (χ2n) is 9.12. The van der Waals surface area contributed by atoms with Gasteiger partial charge in [0.25, 0.3) is 5.56 Å². The van der Waals surface area contributed by atoms with Crippen LogP contribution in [0, 0.1) is 19.7 Å². The van der Waals surface area contributed by atoms with Crippen LogP contribution >= 0.6 is 0 Å². The van der Waals surface area contributed by atoms with Gasteiger partial charge in [-0.3, -0.25) is 4.79 Å². The number of ether oxygens (including phenoxy) is 1. The van der Waals surface area contributed by atoms with Crippen molar-refractivity contribution in [3.63, 3.8) is 0 Å². The molecule has 0 saturated carbocycles. The summed E-state index contributed by atoms with van der Waals surface area (Å²) in [5.41, 5.74) is 1.06. The number of nitrogens with zero attached hydrogens (tertiary/aromatic N) is 5. The summed E-state index contributed by atoms with van der Waals surface area (Å²) in [6, 6.07) is 7.29. The quantitative estimate of drug-likeness (QED) is 0.351. The minimum atomic E-state index is -4.68. The summed E-state index contributed by atoms with van der Waals surface area (Å²) >= 11 is 0. The van der Waals surface area contributed by atoms with Crippen molar-refractivity contribution in [1.29, 1.82) is 0 Å². The zero-order valence-corrected chi connectivity index (χ0v) is 20.3. The molecule has 7 nitrogen and oxygen atoms in total. The third kappa shape index (κ3) is 4.71. The van der Waals surface area contributed by atoms with Gasteiger partial charge < -0.3 is 9.30 Å². The lowest BCUT2D eigenvalue weighted by Crippen LogP contribution is -2.26. The molecule has 1 saturated heterocycles. The zero-order valence-electron chi connectivity index (χ0n) is 20.3. The van der Waals surface area contributed by atoms with Crippen molar-refractivity contribution in [2.24, 2.45) is 7.05 Å². The third-order valence-corrected chi connectivity index (χ3v) is 6.71. The van der Waals surface area contributed by atoms with Crippen LogP contribution < -0.4 is 5.56 Å². The first-order chi connectivity index (χ1) is 17.5. The molecule has 3 aromatic heterocycles. The lowest BCUT2D eigenvalue weighted by molar-refractivity contribution is -0.137. The van der Waals surface area contributed by atoms with Gasteiger partial charge in [-0.15, -0.1) is 0 Å². The number of hydrogen-bond acceptors (Lipinski definition) is 6. The van der Waals surface area contributed by atoms with Crippen molar-refractivity contribution >= 4 is 11.2 Å². The highest BCUT2D eigenvalue weighted by Gasteiger charge is 2.33. The summed E-state index contributed by atoms with van der Waals surface area (Å²) in [4.78, 5) is 30.4. The van der Waals surface area contributed by atoms with Crippen LogP contribution in [0.5, 0.6) is 0 Å². The number of rotatable bonds is 3. The van der Waals surface area contributed by atoms with Gasteiger partial charge in [0, 0.05) is 36.9 Å². The fourth-order valence-corrected chi connectivity index (χ4v) is 4.52. The van der Waals surface area contributed by atoms with Crippen molar-refractivity contribution < 1.29 is 22.3 Å². The molecular weight excluding hydrogens is 490 g/mol. The van der Waals surface area contributed by atoms with E-state index in [-0.39, 0.29) is 33.9 Å². The van der Waals surface area contributed by atoms with Crippen LogP contribution in [0.2, 0.25) is 0 Å². The van der Waals surface area contributed by atoms with Gasteiger partial charge in [0.05, 0.1) is 23.1 Å². The summed E-state index contributed by atoms with van der Waals surface area (Å²) in [5, 5.41) is 0. The van der Waals surface area contributed by atoms with Crippen molar-refractivity contribution in [3.05, 3.63) is 81.0 Å². The number of alkyl halides is 3. The summed E-state index contributed by atoms with van der Waals surface area (Å²) in [6.07, 6.45) is -4.05. The molecule has 1 aliphatic heterocycles. The summed E-state index contributed by atoms with van der Waals surface area (Å²) in [7, 11) is 1.67. The molecule has 192 valence electrons. The van der Waals surface area contributed by atoms with Gasteiger partial charge in [0.2, 0.25) is 0 Å². The minimum Gasteiger partial charge on any atom is -0.372 e. The van der Waals surface area contributed by atoms with Crippen molar-refractivity contribution in [2.45, 2.75) is 44.9 Å². The normalized spacial score (nSPS) is 18.4. The topological polar surface area (TPSA) is 82.8 Å². The van der Waals surface area contributed by atoms with E-state index in [2.05, 4.69) is 19.9 Å². The molecule has 1 aromatic carbocycles. The number of hydrogen-bond donors (Lipinski definition) is 0. The Labute approximate surface area is 209 Å². The SMILES string of the molecule is Cc1nc2nc([C@@H]3CCO[C@H](c4cccc(=O)n4C)C3)nc(-c3ccc(C(F)(F)F)cc3F)c2nc1C. The summed E-state index contributed by atoms with van der Waals surface area (Å²) in [5.74, 6) is -0.920. The number of halogens is 4.